The number of aliphatic hydroxyl groups is 1. The summed E-state index contributed by atoms with van der Waals surface area (Å²) in [5, 5.41) is 8.77. The van der Waals surface area contributed by atoms with Gasteiger partial charge in [0.05, 0.1) is 6.61 Å². The predicted molar refractivity (Wildman–Crippen MR) is 43.8 cm³/mol. The summed E-state index contributed by atoms with van der Waals surface area (Å²) in [5.41, 5.74) is 5.35. The normalized spacial score (nSPS) is 16.8. The average Bonchev–Trinajstić information content (AvgIpc) is 1.89. The maximum Gasteiger partial charge on any atom is 0.0608 e. The molecule has 2 nitrogen and oxygen atoms in total. The van der Waals surface area contributed by atoms with Gasteiger partial charge in [-0.3, -0.25) is 0 Å². The first kappa shape index (κ1) is 9.92. The molecule has 0 saturated carbocycles. The molecular formula is C8H19NO. The molecule has 3 N–H and O–H groups in total. The zero-order valence-electron chi connectivity index (χ0n) is 7.06. The van der Waals surface area contributed by atoms with Crippen LogP contribution in [0.3, 0.4) is 0 Å². The second kappa shape index (κ2) is 4.69. The van der Waals surface area contributed by atoms with Crippen molar-refractivity contribution in [1.29, 1.82) is 0 Å². The Morgan fingerprint density at radius 3 is 2.40 bits per heavy atom. The number of nitrogens with two attached hydrogens (primary N) is 1. The van der Waals surface area contributed by atoms with Crippen molar-refractivity contribution < 1.29 is 5.11 Å². The summed E-state index contributed by atoms with van der Waals surface area (Å²) in [7, 11) is 0. The van der Waals surface area contributed by atoms with Crippen molar-refractivity contribution in [3.8, 4) is 0 Å². The molecule has 62 valence electrons. The molecule has 10 heavy (non-hydrogen) atoms. The Morgan fingerprint density at radius 2 is 2.00 bits per heavy atom. The van der Waals surface area contributed by atoms with Crippen LogP contribution in [0.2, 0.25) is 0 Å². The second-order valence-electron chi connectivity index (χ2n) is 3.27. The molecule has 0 rings (SSSR count). The first-order chi connectivity index (χ1) is 4.62. The summed E-state index contributed by atoms with van der Waals surface area (Å²) in [4.78, 5) is 0. The second-order valence-corrected chi connectivity index (χ2v) is 3.27. The summed E-state index contributed by atoms with van der Waals surface area (Å²) in [6.07, 6.45) is 4.48. The van der Waals surface area contributed by atoms with E-state index in [0.717, 1.165) is 12.8 Å². The van der Waals surface area contributed by atoms with E-state index in [2.05, 4.69) is 6.92 Å². The van der Waals surface area contributed by atoms with Gasteiger partial charge in [-0.25, -0.2) is 0 Å². The van der Waals surface area contributed by atoms with E-state index in [9.17, 15) is 0 Å². The lowest BCUT2D eigenvalue weighted by Crippen LogP contribution is -2.39. The third-order valence-electron chi connectivity index (χ3n) is 1.71. The summed E-state index contributed by atoms with van der Waals surface area (Å²) >= 11 is 0. The molecule has 0 saturated heterocycles. The van der Waals surface area contributed by atoms with Gasteiger partial charge in [0.1, 0.15) is 0 Å². The van der Waals surface area contributed by atoms with Gasteiger partial charge in [-0.05, 0) is 13.3 Å². The lowest BCUT2D eigenvalue weighted by molar-refractivity contribution is 0.197. The molecule has 1 unspecified atom stereocenters. The summed E-state index contributed by atoms with van der Waals surface area (Å²) in [6.45, 7) is 4.15. The predicted octanol–water partition coefficient (Wildman–Crippen LogP) is 1.28. The number of hydrogen-bond donors (Lipinski definition) is 2. The quantitative estimate of drug-likeness (QED) is 0.572. The van der Waals surface area contributed by atoms with E-state index >= 15 is 0 Å². The molecule has 0 heterocycles. The van der Waals surface area contributed by atoms with Crippen LogP contribution in [0.25, 0.3) is 0 Å². The minimum atomic E-state index is -0.352. The molecule has 1 atom stereocenters. The molecule has 0 fully saturated rings. The number of rotatable bonds is 5. The van der Waals surface area contributed by atoms with Crippen molar-refractivity contribution in [3.63, 3.8) is 0 Å². The molecule has 0 aromatic heterocycles. The minimum absolute atomic E-state index is 0.0940. The average molecular weight is 145 g/mol. The maximum atomic E-state index is 8.77. The van der Waals surface area contributed by atoms with Crippen LogP contribution < -0.4 is 5.73 Å². The van der Waals surface area contributed by atoms with E-state index < -0.39 is 0 Å². The van der Waals surface area contributed by atoms with Crippen molar-refractivity contribution in [2.45, 2.75) is 45.1 Å². The zero-order valence-corrected chi connectivity index (χ0v) is 7.06. The fourth-order valence-corrected chi connectivity index (χ4v) is 0.858. The molecule has 0 amide bonds. The van der Waals surface area contributed by atoms with Gasteiger partial charge in [0.25, 0.3) is 0 Å². The van der Waals surface area contributed by atoms with Crippen LogP contribution in [0.15, 0.2) is 0 Å². The van der Waals surface area contributed by atoms with E-state index in [1.807, 2.05) is 6.92 Å². The highest BCUT2D eigenvalue weighted by Gasteiger charge is 2.15. The Morgan fingerprint density at radius 1 is 1.40 bits per heavy atom. The highest BCUT2D eigenvalue weighted by Crippen LogP contribution is 2.10. The van der Waals surface area contributed by atoms with Crippen molar-refractivity contribution in [2.24, 2.45) is 5.73 Å². The van der Waals surface area contributed by atoms with Crippen LogP contribution in [0, 0.1) is 0 Å². The topological polar surface area (TPSA) is 46.2 Å². The standard InChI is InChI=1S/C8H19NO/c1-3-4-5-6-8(2,9)7-10/h10H,3-7,9H2,1-2H3. The molecular weight excluding hydrogens is 126 g/mol. The van der Waals surface area contributed by atoms with Crippen molar-refractivity contribution in [1.82, 2.24) is 0 Å². The minimum Gasteiger partial charge on any atom is -0.394 e. The monoisotopic (exact) mass is 145 g/mol. The van der Waals surface area contributed by atoms with Crippen molar-refractivity contribution in [3.05, 3.63) is 0 Å². The van der Waals surface area contributed by atoms with Gasteiger partial charge < -0.3 is 10.8 Å². The maximum absolute atomic E-state index is 8.77. The fourth-order valence-electron chi connectivity index (χ4n) is 0.858. The van der Waals surface area contributed by atoms with E-state index in [1.165, 1.54) is 12.8 Å². The Kier molecular flexibility index (Phi) is 4.65. The Labute approximate surface area is 63.4 Å². The van der Waals surface area contributed by atoms with E-state index in [4.69, 9.17) is 10.8 Å². The Bertz CT molecular complexity index is 81.3. The fraction of sp³-hybridized carbons (Fsp3) is 1.00. The number of hydrogen-bond acceptors (Lipinski definition) is 2. The first-order valence-electron chi connectivity index (χ1n) is 4.02. The van der Waals surface area contributed by atoms with E-state index in [-0.39, 0.29) is 12.1 Å². The molecule has 0 radical (unpaired) electrons. The molecule has 0 aromatic carbocycles. The van der Waals surface area contributed by atoms with Crippen LogP contribution in [-0.2, 0) is 0 Å². The van der Waals surface area contributed by atoms with E-state index in [0.29, 0.717) is 0 Å². The lowest BCUT2D eigenvalue weighted by Gasteiger charge is -2.20. The van der Waals surface area contributed by atoms with Gasteiger partial charge in [0, 0.05) is 5.54 Å². The molecule has 0 aliphatic rings. The zero-order chi connectivity index (χ0) is 8.04. The summed E-state index contributed by atoms with van der Waals surface area (Å²) in [5.74, 6) is 0. The Hall–Kier alpha value is -0.0800. The van der Waals surface area contributed by atoms with Gasteiger partial charge in [0.2, 0.25) is 0 Å². The third-order valence-corrected chi connectivity index (χ3v) is 1.71. The van der Waals surface area contributed by atoms with Crippen LogP contribution >= 0.6 is 0 Å². The number of unbranched alkanes of at least 4 members (excludes halogenated alkanes) is 2. The molecule has 2 heteroatoms. The van der Waals surface area contributed by atoms with Gasteiger partial charge in [-0.2, -0.15) is 0 Å². The van der Waals surface area contributed by atoms with Gasteiger partial charge in [-0.15, -0.1) is 0 Å². The van der Waals surface area contributed by atoms with Crippen LogP contribution in [0.4, 0.5) is 0 Å². The third kappa shape index (κ3) is 4.77. The summed E-state index contributed by atoms with van der Waals surface area (Å²) < 4.78 is 0. The smallest absolute Gasteiger partial charge is 0.0608 e. The SMILES string of the molecule is CCCCCC(C)(N)CO. The largest absolute Gasteiger partial charge is 0.394 e. The van der Waals surface area contributed by atoms with Gasteiger partial charge >= 0.3 is 0 Å². The van der Waals surface area contributed by atoms with E-state index in [1.54, 1.807) is 0 Å². The van der Waals surface area contributed by atoms with Crippen molar-refractivity contribution >= 4 is 0 Å². The molecule has 0 bridgehead atoms. The molecule has 0 spiro atoms. The molecule has 0 aliphatic heterocycles. The first-order valence-corrected chi connectivity index (χ1v) is 4.02. The molecule has 0 aliphatic carbocycles. The molecule has 0 aromatic rings. The number of aliphatic hydroxyl groups excluding tert-OH is 1. The lowest BCUT2D eigenvalue weighted by atomic mass is 9.97. The van der Waals surface area contributed by atoms with Gasteiger partial charge in [-0.1, -0.05) is 26.2 Å². The van der Waals surface area contributed by atoms with Crippen molar-refractivity contribution in [2.75, 3.05) is 6.61 Å². The highest BCUT2D eigenvalue weighted by molar-refractivity contribution is 4.76. The van der Waals surface area contributed by atoms with Crippen LogP contribution in [0.1, 0.15) is 39.5 Å². The van der Waals surface area contributed by atoms with Crippen LogP contribution in [-0.4, -0.2) is 17.3 Å². The Balaban J connectivity index is 3.28. The highest BCUT2D eigenvalue weighted by atomic mass is 16.3. The van der Waals surface area contributed by atoms with Gasteiger partial charge in [0.15, 0.2) is 0 Å². The summed E-state index contributed by atoms with van der Waals surface area (Å²) in [6, 6.07) is 0. The van der Waals surface area contributed by atoms with Crippen LogP contribution in [0.5, 0.6) is 0 Å².